The Morgan fingerprint density at radius 3 is 2.90 bits per heavy atom. The molecule has 1 saturated carbocycles. The fourth-order valence-electron chi connectivity index (χ4n) is 2.18. The van der Waals surface area contributed by atoms with Crippen LogP contribution in [-0.4, -0.2) is 39.4 Å². The molecule has 0 bridgehead atoms. The molecule has 0 spiro atoms. The molecule has 1 aliphatic carbocycles. The zero-order valence-corrected chi connectivity index (χ0v) is 10.7. The zero-order valence-electron chi connectivity index (χ0n) is 10.7. The fraction of sp³-hybridized carbons (Fsp3) is 0.357. The van der Waals surface area contributed by atoms with Crippen molar-refractivity contribution in [3.63, 3.8) is 0 Å². The van der Waals surface area contributed by atoms with Gasteiger partial charge in [0, 0.05) is 23.6 Å². The van der Waals surface area contributed by atoms with E-state index in [4.69, 9.17) is 14.9 Å². The van der Waals surface area contributed by atoms with E-state index < -0.39 is 5.97 Å². The third-order valence-corrected chi connectivity index (χ3v) is 3.25. The quantitative estimate of drug-likeness (QED) is 0.859. The summed E-state index contributed by atoms with van der Waals surface area (Å²) in [5.41, 5.74) is 1.35. The van der Waals surface area contributed by atoms with Gasteiger partial charge in [-0.3, -0.25) is 4.98 Å². The van der Waals surface area contributed by atoms with Gasteiger partial charge >= 0.3 is 5.97 Å². The van der Waals surface area contributed by atoms with Gasteiger partial charge in [-0.1, -0.05) is 0 Å². The Labute approximate surface area is 115 Å². The summed E-state index contributed by atoms with van der Waals surface area (Å²) >= 11 is 0. The molecule has 1 aliphatic rings. The molecule has 2 N–H and O–H groups in total. The molecule has 3 rings (SSSR count). The normalized spacial score (nSPS) is 14.4. The van der Waals surface area contributed by atoms with Crippen molar-refractivity contribution in [1.82, 2.24) is 9.97 Å². The number of fused-ring (bicyclic) bond motifs is 1. The molecular formula is C14H14N2O4. The maximum Gasteiger partial charge on any atom is 0.354 e. The van der Waals surface area contributed by atoms with Crippen LogP contribution >= 0.6 is 0 Å². The molecule has 1 fully saturated rings. The average Bonchev–Trinajstić information content (AvgIpc) is 3.28. The summed E-state index contributed by atoms with van der Waals surface area (Å²) in [5.74, 6) is -0.321. The number of aliphatic hydroxyl groups is 1. The van der Waals surface area contributed by atoms with Crippen molar-refractivity contribution in [2.24, 2.45) is 0 Å². The fourth-order valence-corrected chi connectivity index (χ4v) is 2.18. The lowest BCUT2D eigenvalue weighted by Gasteiger charge is -2.11. The Kier molecular flexibility index (Phi) is 3.23. The van der Waals surface area contributed by atoms with E-state index in [1.807, 2.05) is 0 Å². The molecule has 6 nitrogen and oxygen atoms in total. The average molecular weight is 274 g/mol. The molecule has 6 heteroatoms. The number of hydrogen-bond donors (Lipinski definition) is 2. The summed E-state index contributed by atoms with van der Waals surface area (Å²) in [6.45, 7) is -0.0218. The molecule has 0 radical (unpaired) electrons. The molecule has 0 aliphatic heterocycles. The van der Waals surface area contributed by atoms with Crippen molar-refractivity contribution in [1.29, 1.82) is 0 Å². The number of nitrogens with zero attached hydrogens (tertiary/aromatic N) is 2. The van der Waals surface area contributed by atoms with Crippen LogP contribution in [0.1, 0.15) is 34.9 Å². The minimum Gasteiger partial charge on any atom is -0.490 e. The Morgan fingerprint density at radius 2 is 2.25 bits per heavy atom. The molecule has 0 aromatic carbocycles. The SMILES string of the molecule is O=C(O)c1cc(OCCO)c2ccnc(C3CC3)c2n1. The van der Waals surface area contributed by atoms with Crippen molar-refractivity contribution in [3.05, 3.63) is 29.7 Å². The molecule has 2 aromatic rings. The zero-order chi connectivity index (χ0) is 14.1. The summed E-state index contributed by atoms with van der Waals surface area (Å²) in [6.07, 6.45) is 3.79. The van der Waals surface area contributed by atoms with Crippen LogP contribution in [-0.2, 0) is 0 Å². The van der Waals surface area contributed by atoms with E-state index >= 15 is 0 Å². The van der Waals surface area contributed by atoms with Crippen LogP contribution in [0.2, 0.25) is 0 Å². The first-order valence-electron chi connectivity index (χ1n) is 6.47. The second kappa shape index (κ2) is 5.05. The number of ether oxygens (including phenoxy) is 1. The topological polar surface area (TPSA) is 92.5 Å². The molecule has 20 heavy (non-hydrogen) atoms. The monoisotopic (exact) mass is 274 g/mol. The maximum absolute atomic E-state index is 11.2. The van der Waals surface area contributed by atoms with Gasteiger partial charge in [-0.05, 0) is 18.9 Å². The molecule has 0 atom stereocenters. The third-order valence-electron chi connectivity index (χ3n) is 3.25. The van der Waals surface area contributed by atoms with Crippen LogP contribution in [0.4, 0.5) is 0 Å². The number of carboxylic acid groups (broad SMARTS) is 1. The summed E-state index contributed by atoms with van der Waals surface area (Å²) in [6, 6.07) is 3.14. The second-order valence-corrected chi connectivity index (χ2v) is 4.75. The number of carboxylic acids is 1. The molecule has 0 saturated heterocycles. The highest BCUT2D eigenvalue weighted by Crippen LogP contribution is 2.42. The summed E-state index contributed by atoms with van der Waals surface area (Å²) in [7, 11) is 0. The van der Waals surface area contributed by atoms with Gasteiger partial charge < -0.3 is 14.9 Å². The molecule has 2 aromatic heterocycles. The second-order valence-electron chi connectivity index (χ2n) is 4.75. The highest BCUT2D eigenvalue weighted by Gasteiger charge is 2.28. The van der Waals surface area contributed by atoms with Gasteiger partial charge in [-0.25, -0.2) is 9.78 Å². The van der Waals surface area contributed by atoms with Crippen molar-refractivity contribution in [2.75, 3.05) is 13.2 Å². The van der Waals surface area contributed by atoms with Crippen molar-refractivity contribution < 1.29 is 19.7 Å². The highest BCUT2D eigenvalue weighted by atomic mass is 16.5. The lowest BCUT2D eigenvalue weighted by Crippen LogP contribution is -2.07. The lowest BCUT2D eigenvalue weighted by molar-refractivity contribution is 0.0690. The maximum atomic E-state index is 11.2. The Morgan fingerprint density at radius 1 is 1.45 bits per heavy atom. The number of aromatic carboxylic acids is 1. The largest absolute Gasteiger partial charge is 0.490 e. The van der Waals surface area contributed by atoms with Crippen LogP contribution in [0.3, 0.4) is 0 Å². The predicted octanol–water partition coefficient (Wildman–Crippen LogP) is 1.58. The molecule has 2 heterocycles. The summed E-state index contributed by atoms with van der Waals surface area (Å²) in [4.78, 5) is 19.7. The van der Waals surface area contributed by atoms with Gasteiger partial charge in [-0.2, -0.15) is 0 Å². The molecule has 104 valence electrons. The number of rotatable bonds is 5. The van der Waals surface area contributed by atoms with Crippen molar-refractivity contribution in [2.45, 2.75) is 18.8 Å². The van der Waals surface area contributed by atoms with E-state index in [1.165, 1.54) is 6.07 Å². The number of pyridine rings is 2. The van der Waals surface area contributed by atoms with Gasteiger partial charge in [-0.15, -0.1) is 0 Å². The number of aliphatic hydroxyl groups excluding tert-OH is 1. The van der Waals surface area contributed by atoms with E-state index in [-0.39, 0.29) is 18.9 Å². The number of aromatic nitrogens is 2. The van der Waals surface area contributed by atoms with Crippen LogP contribution in [0.5, 0.6) is 5.75 Å². The highest BCUT2D eigenvalue weighted by molar-refractivity contribution is 5.94. The standard InChI is InChI=1S/C14H14N2O4/c17-5-6-20-11-7-10(14(18)19)16-13-9(11)3-4-15-12(13)8-1-2-8/h3-4,7-8,17H,1-2,5-6H2,(H,18,19). The van der Waals surface area contributed by atoms with E-state index in [0.29, 0.717) is 17.2 Å². The van der Waals surface area contributed by atoms with Crippen molar-refractivity contribution >= 4 is 16.9 Å². The minimum absolute atomic E-state index is 0.0691. The summed E-state index contributed by atoms with van der Waals surface area (Å²) in [5, 5.41) is 18.7. The van der Waals surface area contributed by atoms with E-state index in [2.05, 4.69) is 9.97 Å². The van der Waals surface area contributed by atoms with Crippen LogP contribution < -0.4 is 4.74 Å². The smallest absolute Gasteiger partial charge is 0.354 e. The first kappa shape index (κ1) is 12.8. The predicted molar refractivity (Wildman–Crippen MR) is 71.1 cm³/mol. The first-order chi connectivity index (χ1) is 9.70. The van der Waals surface area contributed by atoms with E-state index in [9.17, 15) is 4.79 Å². The first-order valence-corrected chi connectivity index (χ1v) is 6.47. The van der Waals surface area contributed by atoms with Gasteiger partial charge in [0.2, 0.25) is 0 Å². The van der Waals surface area contributed by atoms with Crippen LogP contribution in [0.25, 0.3) is 10.9 Å². The number of hydrogen-bond acceptors (Lipinski definition) is 5. The Hall–Kier alpha value is -2.21. The van der Waals surface area contributed by atoms with Crippen LogP contribution in [0.15, 0.2) is 18.3 Å². The molecule has 0 unspecified atom stereocenters. The minimum atomic E-state index is -1.11. The van der Waals surface area contributed by atoms with Gasteiger partial charge in [0.25, 0.3) is 0 Å². The number of carbonyl (C=O) groups is 1. The van der Waals surface area contributed by atoms with Gasteiger partial charge in [0.1, 0.15) is 12.4 Å². The van der Waals surface area contributed by atoms with Crippen molar-refractivity contribution in [3.8, 4) is 5.75 Å². The van der Waals surface area contributed by atoms with Gasteiger partial charge in [0.05, 0.1) is 17.8 Å². The third kappa shape index (κ3) is 2.30. The van der Waals surface area contributed by atoms with Crippen LogP contribution in [0, 0.1) is 0 Å². The molecular weight excluding hydrogens is 260 g/mol. The Bertz CT molecular complexity index is 668. The summed E-state index contributed by atoms with van der Waals surface area (Å²) < 4.78 is 5.43. The van der Waals surface area contributed by atoms with Gasteiger partial charge in [0.15, 0.2) is 5.69 Å². The van der Waals surface area contributed by atoms with E-state index in [1.54, 1.807) is 12.3 Å². The lowest BCUT2D eigenvalue weighted by atomic mass is 10.1. The molecule has 0 amide bonds. The Balaban J connectivity index is 2.19. The van der Waals surface area contributed by atoms with E-state index in [0.717, 1.165) is 23.9 Å².